The van der Waals surface area contributed by atoms with Crippen molar-refractivity contribution in [3.05, 3.63) is 78.6 Å². The van der Waals surface area contributed by atoms with Gasteiger partial charge in [0.2, 0.25) is 0 Å². The Labute approximate surface area is 191 Å². The minimum Gasteiger partial charge on any atom is -0.383 e. The standard InChI is InChI=1S/C23H21F2N5O2S/c1-32-10-9-27-22-12-15(7-8-26-22)19-14-28-29-23(19)16-3-2-4-18(11-16)30-33(31)21-13-17(24)5-6-20(21)25/h2-8,11-14,30H,9-10H2,1H3,(H,26,27)(H,28,29). The van der Waals surface area contributed by atoms with Crippen molar-refractivity contribution in [3.8, 4) is 22.4 Å². The first-order chi connectivity index (χ1) is 16.0. The number of benzene rings is 2. The molecule has 4 aromatic rings. The van der Waals surface area contributed by atoms with Crippen molar-refractivity contribution < 1.29 is 17.7 Å². The van der Waals surface area contributed by atoms with Crippen LogP contribution in [0, 0.1) is 11.6 Å². The lowest BCUT2D eigenvalue weighted by atomic mass is 10.0. The zero-order chi connectivity index (χ0) is 23.2. The number of H-pyrrole nitrogens is 1. The summed E-state index contributed by atoms with van der Waals surface area (Å²) in [5, 5.41) is 10.4. The summed E-state index contributed by atoms with van der Waals surface area (Å²) < 4.78 is 47.8. The Hall–Kier alpha value is -3.63. The lowest BCUT2D eigenvalue weighted by Gasteiger charge is -2.10. The maximum Gasteiger partial charge on any atom is 0.153 e. The second-order valence-electron chi connectivity index (χ2n) is 7.03. The number of nitrogens with zero attached hydrogens (tertiary/aromatic N) is 2. The molecule has 0 aliphatic rings. The number of methoxy groups -OCH3 is 1. The van der Waals surface area contributed by atoms with Crippen molar-refractivity contribution in [2.24, 2.45) is 0 Å². The van der Waals surface area contributed by atoms with Crippen LogP contribution in [0.5, 0.6) is 0 Å². The predicted molar refractivity (Wildman–Crippen MR) is 124 cm³/mol. The molecule has 2 aromatic heterocycles. The van der Waals surface area contributed by atoms with Crippen LogP contribution in [-0.4, -0.2) is 39.7 Å². The molecule has 33 heavy (non-hydrogen) atoms. The lowest BCUT2D eigenvalue weighted by molar-refractivity contribution is 0.210. The minimum absolute atomic E-state index is 0.257. The van der Waals surface area contributed by atoms with Gasteiger partial charge in [-0.25, -0.2) is 18.0 Å². The van der Waals surface area contributed by atoms with E-state index in [4.69, 9.17) is 4.74 Å². The molecule has 0 spiro atoms. The fourth-order valence-electron chi connectivity index (χ4n) is 3.22. The first-order valence-corrected chi connectivity index (χ1v) is 11.2. The molecule has 0 amide bonds. The normalized spacial score (nSPS) is 11.8. The SMILES string of the molecule is COCCNc1cc(-c2cn[nH]c2-c2cccc(NS(=O)c3cc(F)ccc3F)c2)ccn1. The van der Waals surface area contributed by atoms with Crippen molar-refractivity contribution >= 4 is 22.5 Å². The molecule has 7 nitrogen and oxygen atoms in total. The second-order valence-corrected chi connectivity index (χ2v) is 8.22. The molecule has 2 heterocycles. The molecule has 170 valence electrons. The van der Waals surface area contributed by atoms with E-state index in [1.165, 1.54) is 0 Å². The van der Waals surface area contributed by atoms with Gasteiger partial charge in [0.25, 0.3) is 0 Å². The monoisotopic (exact) mass is 469 g/mol. The first kappa shape index (κ1) is 22.6. The van der Waals surface area contributed by atoms with E-state index in [2.05, 4.69) is 25.2 Å². The van der Waals surface area contributed by atoms with Gasteiger partial charge in [-0.15, -0.1) is 0 Å². The topological polar surface area (TPSA) is 91.9 Å². The van der Waals surface area contributed by atoms with Crippen molar-refractivity contribution in [2.45, 2.75) is 4.90 Å². The number of pyridine rings is 1. The molecule has 3 N–H and O–H groups in total. The van der Waals surface area contributed by atoms with E-state index in [0.717, 1.165) is 40.6 Å². The number of hydrogen-bond donors (Lipinski definition) is 3. The van der Waals surface area contributed by atoms with Crippen LogP contribution >= 0.6 is 0 Å². The number of aromatic nitrogens is 3. The molecule has 2 aromatic carbocycles. The van der Waals surface area contributed by atoms with Crippen molar-refractivity contribution in [2.75, 3.05) is 30.3 Å². The van der Waals surface area contributed by atoms with Gasteiger partial charge in [0.1, 0.15) is 17.5 Å². The number of aromatic amines is 1. The molecule has 1 atom stereocenters. The third kappa shape index (κ3) is 5.41. The van der Waals surface area contributed by atoms with Gasteiger partial charge in [-0.05, 0) is 48.0 Å². The summed E-state index contributed by atoms with van der Waals surface area (Å²) in [6.07, 6.45) is 3.42. The van der Waals surface area contributed by atoms with Crippen molar-refractivity contribution in [1.82, 2.24) is 15.2 Å². The van der Waals surface area contributed by atoms with Crippen LogP contribution in [0.1, 0.15) is 0 Å². The third-order valence-corrected chi connectivity index (χ3v) is 5.91. The maximum absolute atomic E-state index is 14.0. The highest BCUT2D eigenvalue weighted by molar-refractivity contribution is 7.86. The van der Waals surface area contributed by atoms with Crippen LogP contribution in [-0.2, 0) is 15.7 Å². The summed E-state index contributed by atoms with van der Waals surface area (Å²) in [7, 11) is -0.342. The van der Waals surface area contributed by atoms with E-state index in [9.17, 15) is 13.0 Å². The molecule has 1 unspecified atom stereocenters. The Kier molecular flexibility index (Phi) is 7.06. The lowest BCUT2D eigenvalue weighted by Crippen LogP contribution is -2.08. The largest absolute Gasteiger partial charge is 0.383 e. The van der Waals surface area contributed by atoms with Gasteiger partial charge >= 0.3 is 0 Å². The highest BCUT2D eigenvalue weighted by Gasteiger charge is 2.14. The van der Waals surface area contributed by atoms with Gasteiger partial charge in [0.05, 0.1) is 23.4 Å². The van der Waals surface area contributed by atoms with Crippen LogP contribution in [0.4, 0.5) is 20.3 Å². The van der Waals surface area contributed by atoms with Crippen LogP contribution in [0.2, 0.25) is 0 Å². The second kappa shape index (κ2) is 10.3. The Morgan fingerprint density at radius 2 is 1.97 bits per heavy atom. The molecule has 0 bridgehead atoms. The molecule has 10 heteroatoms. The summed E-state index contributed by atoms with van der Waals surface area (Å²) in [6.45, 7) is 1.19. The average Bonchev–Trinajstić information content (AvgIpc) is 3.31. The summed E-state index contributed by atoms with van der Waals surface area (Å²) in [5.74, 6) is -0.702. The van der Waals surface area contributed by atoms with Crippen LogP contribution in [0.25, 0.3) is 22.4 Å². The zero-order valence-electron chi connectivity index (χ0n) is 17.6. The van der Waals surface area contributed by atoms with Gasteiger partial charge in [-0.1, -0.05) is 12.1 Å². The van der Waals surface area contributed by atoms with Gasteiger partial charge in [0, 0.05) is 36.7 Å². The molecule has 0 aliphatic carbocycles. The van der Waals surface area contributed by atoms with E-state index >= 15 is 0 Å². The van der Waals surface area contributed by atoms with E-state index in [-0.39, 0.29) is 4.90 Å². The predicted octanol–water partition coefficient (Wildman–Crippen LogP) is 4.61. The smallest absolute Gasteiger partial charge is 0.153 e. The third-order valence-electron chi connectivity index (χ3n) is 4.78. The fourth-order valence-corrected chi connectivity index (χ4v) is 4.14. The first-order valence-electron chi connectivity index (χ1n) is 10.0. The van der Waals surface area contributed by atoms with Crippen LogP contribution < -0.4 is 10.0 Å². The van der Waals surface area contributed by atoms with Crippen LogP contribution in [0.15, 0.2) is 71.9 Å². The van der Waals surface area contributed by atoms with E-state index < -0.39 is 22.6 Å². The van der Waals surface area contributed by atoms with Crippen molar-refractivity contribution in [1.29, 1.82) is 0 Å². The quantitative estimate of drug-likeness (QED) is 0.312. The molecule has 4 rings (SSSR count). The number of nitrogens with one attached hydrogen (secondary N) is 3. The summed E-state index contributed by atoms with van der Waals surface area (Å²) >= 11 is 0. The van der Waals surface area contributed by atoms with E-state index in [1.807, 2.05) is 18.2 Å². The number of ether oxygens (including phenoxy) is 1. The Morgan fingerprint density at radius 1 is 1.09 bits per heavy atom. The molecule has 0 fully saturated rings. The average molecular weight is 470 g/mol. The molecular formula is C23H21F2N5O2S. The van der Waals surface area contributed by atoms with E-state index in [1.54, 1.807) is 37.7 Å². The van der Waals surface area contributed by atoms with Gasteiger partial charge in [0.15, 0.2) is 11.0 Å². The Bertz CT molecular complexity index is 1280. The number of hydrogen-bond acceptors (Lipinski definition) is 5. The summed E-state index contributed by atoms with van der Waals surface area (Å²) in [6, 6.07) is 13.7. The Morgan fingerprint density at radius 3 is 2.82 bits per heavy atom. The number of halogens is 2. The molecular weight excluding hydrogens is 448 g/mol. The number of rotatable bonds is 9. The minimum atomic E-state index is -1.98. The highest BCUT2D eigenvalue weighted by atomic mass is 32.2. The molecule has 0 saturated heterocycles. The highest BCUT2D eigenvalue weighted by Crippen LogP contribution is 2.32. The maximum atomic E-state index is 14.0. The fraction of sp³-hybridized carbons (Fsp3) is 0.130. The summed E-state index contributed by atoms with van der Waals surface area (Å²) in [4.78, 5) is 4.06. The molecule has 0 radical (unpaired) electrons. The number of anilines is 2. The molecule has 0 aliphatic heterocycles. The van der Waals surface area contributed by atoms with Gasteiger partial charge in [-0.3, -0.25) is 5.10 Å². The Balaban J connectivity index is 1.58. The summed E-state index contributed by atoms with van der Waals surface area (Å²) in [5.41, 5.74) is 3.75. The van der Waals surface area contributed by atoms with E-state index in [0.29, 0.717) is 24.7 Å². The van der Waals surface area contributed by atoms with Crippen LogP contribution in [0.3, 0.4) is 0 Å². The van der Waals surface area contributed by atoms with Gasteiger partial charge < -0.3 is 14.8 Å². The van der Waals surface area contributed by atoms with Gasteiger partial charge in [-0.2, -0.15) is 5.10 Å². The van der Waals surface area contributed by atoms with Crippen molar-refractivity contribution in [3.63, 3.8) is 0 Å². The molecule has 0 saturated carbocycles. The zero-order valence-corrected chi connectivity index (χ0v) is 18.5.